The van der Waals surface area contributed by atoms with Crippen LogP contribution < -0.4 is 4.90 Å². The van der Waals surface area contributed by atoms with Crippen LogP contribution in [0.5, 0.6) is 0 Å². The molecular formula is C13H16N2O6S. The van der Waals surface area contributed by atoms with Gasteiger partial charge in [-0.2, -0.15) is 0 Å². The van der Waals surface area contributed by atoms with Crippen LogP contribution in [0, 0.1) is 15.5 Å². The number of anilines is 1. The summed E-state index contributed by atoms with van der Waals surface area (Å²) in [5.41, 5.74) is -1.07. The van der Waals surface area contributed by atoms with Crippen molar-refractivity contribution in [2.45, 2.75) is 18.2 Å². The molecule has 0 amide bonds. The molecule has 1 atom stereocenters. The van der Waals surface area contributed by atoms with E-state index in [9.17, 15) is 28.4 Å². The van der Waals surface area contributed by atoms with Gasteiger partial charge < -0.3 is 10.0 Å². The molecule has 22 heavy (non-hydrogen) atoms. The van der Waals surface area contributed by atoms with E-state index >= 15 is 0 Å². The Bertz CT molecular complexity index is 745. The summed E-state index contributed by atoms with van der Waals surface area (Å²) in [5, 5.41) is 20.4. The Kier molecular flexibility index (Phi) is 3.86. The molecule has 0 bridgehead atoms. The second-order valence-corrected chi connectivity index (χ2v) is 7.73. The van der Waals surface area contributed by atoms with Gasteiger partial charge in [-0.25, -0.2) is 8.42 Å². The van der Waals surface area contributed by atoms with Gasteiger partial charge >= 0.3 is 5.97 Å². The summed E-state index contributed by atoms with van der Waals surface area (Å²) >= 11 is 0. The Hall–Kier alpha value is -2.16. The van der Waals surface area contributed by atoms with Gasteiger partial charge in [0.25, 0.3) is 5.69 Å². The molecule has 1 aromatic carbocycles. The van der Waals surface area contributed by atoms with Crippen LogP contribution in [0.1, 0.15) is 13.3 Å². The zero-order chi connectivity index (χ0) is 16.7. The molecule has 0 spiro atoms. The summed E-state index contributed by atoms with van der Waals surface area (Å²) in [7, 11) is -3.55. The summed E-state index contributed by atoms with van der Waals surface area (Å²) in [6.45, 7) is 2.09. The summed E-state index contributed by atoms with van der Waals surface area (Å²) in [6, 6.07) is 3.68. The highest BCUT2D eigenvalue weighted by Crippen LogP contribution is 2.38. The minimum absolute atomic E-state index is 0.136. The molecule has 1 heterocycles. The average Bonchev–Trinajstić information content (AvgIpc) is 2.81. The van der Waals surface area contributed by atoms with Crippen LogP contribution in [0.3, 0.4) is 0 Å². The maximum Gasteiger partial charge on any atom is 0.311 e. The molecule has 1 aliphatic heterocycles. The van der Waals surface area contributed by atoms with Gasteiger partial charge in [0.15, 0.2) is 9.84 Å². The van der Waals surface area contributed by atoms with Crippen molar-refractivity contribution in [2.75, 3.05) is 24.2 Å². The number of benzene rings is 1. The number of carbonyl (C=O) groups is 1. The third-order valence-electron chi connectivity index (χ3n) is 3.90. The first-order chi connectivity index (χ1) is 10.0. The van der Waals surface area contributed by atoms with Crippen molar-refractivity contribution in [3.8, 4) is 0 Å². The average molecular weight is 328 g/mol. The van der Waals surface area contributed by atoms with E-state index in [0.29, 0.717) is 13.0 Å². The SMILES string of the molecule is CC1(C(=O)O)CCN(c2ccc(S(C)(=O)=O)cc2[N+](=O)[O-])C1. The van der Waals surface area contributed by atoms with Crippen molar-refractivity contribution in [1.82, 2.24) is 0 Å². The summed E-state index contributed by atoms with van der Waals surface area (Å²) in [4.78, 5) is 23.3. The molecule has 1 N–H and O–H groups in total. The fourth-order valence-electron chi connectivity index (χ4n) is 2.49. The number of rotatable bonds is 4. The third kappa shape index (κ3) is 2.89. The molecule has 1 fully saturated rings. The Labute approximate surface area is 127 Å². The van der Waals surface area contributed by atoms with Gasteiger partial charge in [0.1, 0.15) is 5.69 Å². The summed E-state index contributed by atoms with van der Waals surface area (Å²) < 4.78 is 23.0. The number of carboxylic acids is 1. The monoisotopic (exact) mass is 328 g/mol. The van der Waals surface area contributed by atoms with Crippen LogP contribution in [0.15, 0.2) is 23.1 Å². The molecule has 0 radical (unpaired) electrons. The van der Waals surface area contributed by atoms with E-state index in [2.05, 4.69) is 0 Å². The highest BCUT2D eigenvalue weighted by molar-refractivity contribution is 7.90. The van der Waals surface area contributed by atoms with E-state index in [1.807, 2.05) is 0 Å². The first kappa shape index (κ1) is 16.2. The lowest BCUT2D eigenvalue weighted by molar-refractivity contribution is -0.384. The number of aliphatic carboxylic acids is 1. The minimum Gasteiger partial charge on any atom is -0.481 e. The molecule has 0 aromatic heterocycles. The summed E-state index contributed by atoms with van der Waals surface area (Å²) in [5.74, 6) is -0.953. The van der Waals surface area contributed by atoms with Gasteiger partial charge in [-0.1, -0.05) is 0 Å². The molecule has 1 saturated heterocycles. The number of sulfone groups is 1. The number of nitrogens with zero attached hydrogens (tertiary/aromatic N) is 2. The highest BCUT2D eigenvalue weighted by atomic mass is 32.2. The van der Waals surface area contributed by atoms with E-state index in [0.717, 1.165) is 12.3 Å². The lowest BCUT2D eigenvalue weighted by Gasteiger charge is -2.21. The van der Waals surface area contributed by atoms with Crippen molar-refractivity contribution in [1.29, 1.82) is 0 Å². The van der Waals surface area contributed by atoms with Crippen molar-refractivity contribution in [3.05, 3.63) is 28.3 Å². The van der Waals surface area contributed by atoms with Crippen molar-refractivity contribution < 1.29 is 23.2 Å². The largest absolute Gasteiger partial charge is 0.481 e. The standard InChI is InChI=1S/C13H16N2O6S/c1-13(12(16)17)5-6-14(8-13)10-4-3-9(22(2,20)21)7-11(10)15(18)19/h3-4,7H,5-6,8H2,1-2H3,(H,16,17). The topological polar surface area (TPSA) is 118 Å². The number of hydrogen-bond acceptors (Lipinski definition) is 6. The van der Waals surface area contributed by atoms with E-state index in [4.69, 9.17) is 0 Å². The molecule has 120 valence electrons. The molecule has 8 nitrogen and oxygen atoms in total. The zero-order valence-corrected chi connectivity index (χ0v) is 13.0. The quantitative estimate of drug-likeness (QED) is 0.653. The first-order valence-corrected chi connectivity index (χ1v) is 8.40. The number of nitro benzene ring substituents is 1. The fraction of sp³-hybridized carbons (Fsp3) is 0.462. The van der Waals surface area contributed by atoms with Crippen LogP contribution in [0.25, 0.3) is 0 Å². The molecular weight excluding hydrogens is 312 g/mol. The van der Waals surface area contributed by atoms with Crippen LogP contribution in [-0.2, 0) is 14.6 Å². The lowest BCUT2D eigenvalue weighted by Crippen LogP contribution is -2.31. The predicted octanol–water partition coefficient (Wildman–Crippen LogP) is 1.30. The molecule has 0 aliphatic carbocycles. The van der Waals surface area contributed by atoms with Crippen molar-refractivity contribution >= 4 is 27.2 Å². The van der Waals surface area contributed by atoms with Crippen molar-refractivity contribution in [2.24, 2.45) is 5.41 Å². The molecule has 2 rings (SSSR count). The van der Waals surface area contributed by atoms with E-state index in [-0.39, 0.29) is 22.8 Å². The Morgan fingerprint density at radius 1 is 1.45 bits per heavy atom. The van der Waals surface area contributed by atoms with E-state index in [1.165, 1.54) is 12.1 Å². The first-order valence-electron chi connectivity index (χ1n) is 6.51. The smallest absolute Gasteiger partial charge is 0.311 e. The fourth-order valence-corrected chi connectivity index (χ4v) is 3.13. The number of hydrogen-bond donors (Lipinski definition) is 1. The van der Waals surface area contributed by atoms with Gasteiger partial charge in [0, 0.05) is 25.4 Å². The molecule has 9 heteroatoms. The zero-order valence-electron chi connectivity index (χ0n) is 12.1. The molecule has 0 saturated carbocycles. The molecule has 1 aliphatic rings. The normalized spacial score (nSPS) is 21.8. The van der Waals surface area contributed by atoms with Gasteiger partial charge in [0.2, 0.25) is 0 Å². The third-order valence-corrected chi connectivity index (χ3v) is 5.01. The Morgan fingerprint density at radius 3 is 2.55 bits per heavy atom. The second kappa shape index (κ2) is 5.24. The lowest BCUT2D eigenvalue weighted by atomic mass is 9.90. The van der Waals surface area contributed by atoms with Crippen LogP contribution in [0.2, 0.25) is 0 Å². The molecule has 1 unspecified atom stereocenters. The van der Waals surface area contributed by atoms with E-state index in [1.54, 1.807) is 11.8 Å². The van der Waals surface area contributed by atoms with Gasteiger partial charge in [0.05, 0.1) is 15.2 Å². The van der Waals surface area contributed by atoms with Gasteiger partial charge in [-0.15, -0.1) is 0 Å². The number of nitro groups is 1. The number of carboxylic acid groups (broad SMARTS) is 1. The Balaban J connectivity index is 2.45. The van der Waals surface area contributed by atoms with Crippen LogP contribution in [0.4, 0.5) is 11.4 Å². The summed E-state index contributed by atoms with van der Waals surface area (Å²) in [6.07, 6.45) is 1.34. The van der Waals surface area contributed by atoms with Crippen molar-refractivity contribution in [3.63, 3.8) is 0 Å². The maximum absolute atomic E-state index is 11.5. The van der Waals surface area contributed by atoms with Gasteiger partial charge in [-0.05, 0) is 25.5 Å². The van der Waals surface area contributed by atoms with Crippen LogP contribution >= 0.6 is 0 Å². The maximum atomic E-state index is 11.5. The van der Waals surface area contributed by atoms with Gasteiger partial charge in [-0.3, -0.25) is 14.9 Å². The highest BCUT2D eigenvalue weighted by Gasteiger charge is 2.42. The van der Waals surface area contributed by atoms with E-state index < -0.39 is 26.1 Å². The van der Waals surface area contributed by atoms with Crippen LogP contribution in [-0.4, -0.2) is 43.8 Å². The predicted molar refractivity (Wildman–Crippen MR) is 78.8 cm³/mol. The molecule has 1 aromatic rings. The Morgan fingerprint density at radius 2 is 2.09 bits per heavy atom. The minimum atomic E-state index is -3.55. The second-order valence-electron chi connectivity index (χ2n) is 5.72.